The number of carbonyl (C=O) groups is 4. The molecule has 2 aliphatic carbocycles. The van der Waals surface area contributed by atoms with E-state index in [2.05, 4.69) is 5.32 Å². The number of allylic oxidation sites excluding steroid dienone is 2. The van der Waals surface area contributed by atoms with Crippen molar-refractivity contribution in [2.75, 3.05) is 4.90 Å². The molecule has 0 radical (unpaired) electrons. The highest BCUT2D eigenvalue weighted by molar-refractivity contribution is 6.58. The smallest absolute Gasteiger partial charge is 0.258 e. The maximum Gasteiger partial charge on any atom is 0.258 e. The largest absolute Gasteiger partial charge is 0.508 e. The number of imide groups is 2. The maximum atomic E-state index is 14.9. The average Bonchev–Trinajstić information content (AvgIpc) is 3.29. The molecular weight excluding hydrogens is 586 g/mol. The number of rotatable bonds is 2. The first-order valence-electron chi connectivity index (χ1n) is 11.9. The molecule has 208 valence electrons. The number of benzene rings is 2. The quantitative estimate of drug-likeness (QED) is 0.136. The summed E-state index contributed by atoms with van der Waals surface area (Å²) in [6, 6.07) is 5.15. The molecule has 14 heteroatoms. The van der Waals surface area contributed by atoms with Crippen LogP contribution in [0.4, 0.5) is 27.6 Å². The van der Waals surface area contributed by atoms with E-state index in [9.17, 15) is 46.2 Å². The van der Waals surface area contributed by atoms with Crippen LogP contribution < -0.4 is 10.2 Å². The standard InChI is InChI=1S/C26H15Cl2F5N2O5/c27-25-7-12-10(5-6-11-13(12)22(38)34-21(11)37)14(8-1-3-9(36)4-2-8)26(25,28)24(40)35(23(25)39)20-18(32)16(30)15(29)17(31)19(20)33/h1-5,11-14,36H,6-7H2,(H,34,37,38). The number of aromatic hydroxyl groups is 1. The Kier molecular flexibility index (Phi) is 5.67. The highest BCUT2D eigenvalue weighted by atomic mass is 35.5. The zero-order chi connectivity index (χ0) is 29.0. The Labute approximate surface area is 231 Å². The predicted molar refractivity (Wildman–Crippen MR) is 128 cm³/mol. The number of alkyl halides is 2. The van der Waals surface area contributed by atoms with Crippen molar-refractivity contribution in [3.05, 3.63) is 70.6 Å². The van der Waals surface area contributed by atoms with Gasteiger partial charge in [-0.3, -0.25) is 24.5 Å². The molecule has 6 unspecified atom stereocenters. The van der Waals surface area contributed by atoms with Gasteiger partial charge >= 0.3 is 0 Å². The van der Waals surface area contributed by atoms with Gasteiger partial charge in [-0.2, -0.15) is 0 Å². The Morgan fingerprint density at radius 1 is 0.825 bits per heavy atom. The number of amides is 4. The lowest BCUT2D eigenvalue weighted by atomic mass is 9.56. The monoisotopic (exact) mass is 600 g/mol. The van der Waals surface area contributed by atoms with Crippen LogP contribution in [0.3, 0.4) is 0 Å². The molecule has 2 aromatic rings. The molecule has 2 N–H and O–H groups in total. The second-order valence-electron chi connectivity index (χ2n) is 10.1. The van der Waals surface area contributed by atoms with Gasteiger partial charge in [-0.25, -0.2) is 26.9 Å². The summed E-state index contributed by atoms with van der Waals surface area (Å²) < 4.78 is 71.8. The number of fused-ring (bicyclic) bond motifs is 4. The maximum absolute atomic E-state index is 14.9. The third kappa shape index (κ3) is 3.11. The zero-order valence-corrected chi connectivity index (χ0v) is 21.3. The second kappa shape index (κ2) is 8.50. The van der Waals surface area contributed by atoms with Gasteiger partial charge < -0.3 is 5.11 Å². The van der Waals surface area contributed by atoms with Crippen LogP contribution in [-0.4, -0.2) is 38.5 Å². The number of anilines is 1. The molecule has 0 bridgehead atoms. The number of nitrogens with zero attached hydrogens (tertiary/aromatic N) is 1. The van der Waals surface area contributed by atoms with Crippen molar-refractivity contribution in [2.24, 2.45) is 17.8 Å². The van der Waals surface area contributed by atoms with E-state index in [0.29, 0.717) is 5.57 Å². The van der Waals surface area contributed by atoms with Crippen LogP contribution in [0, 0.1) is 46.8 Å². The van der Waals surface area contributed by atoms with Gasteiger partial charge in [0.25, 0.3) is 11.8 Å². The van der Waals surface area contributed by atoms with Crippen molar-refractivity contribution < 1.29 is 46.2 Å². The van der Waals surface area contributed by atoms with Gasteiger partial charge in [0.15, 0.2) is 33.0 Å². The van der Waals surface area contributed by atoms with Crippen molar-refractivity contribution in [1.82, 2.24) is 5.32 Å². The highest BCUT2D eigenvalue weighted by Crippen LogP contribution is 2.65. The van der Waals surface area contributed by atoms with Crippen LogP contribution >= 0.6 is 23.2 Å². The lowest BCUT2D eigenvalue weighted by Gasteiger charge is -2.50. The van der Waals surface area contributed by atoms with E-state index in [0.717, 1.165) is 0 Å². The summed E-state index contributed by atoms with van der Waals surface area (Å²) in [6.07, 6.45) is 1.05. The summed E-state index contributed by atoms with van der Waals surface area (Å²) in [7, 11) is 0. The van der Waals surface area contributed by atoms with Crippen LogP contribution in [0.5, 0.6) is 5.75 Å². The lowest BCUT2D eigenvalue weighted by Crippen LogP contribution is -2.60. The van der Waals surface area contributed by atoms with Gasteiger partial charge in [-0.1, -0.05) is 23.8 Å². The molecule has 6 atom stereocenters. The first kappa shape index (κ1) is 26.7. The molecule has 2 saturated heterocycles. The fraction of sp³-hybridized carbons (Fsp3) is 0.308. The summed E-state index contributed by atoms with van der Waals surface area (Å²) in [5, 5.41) is 12.0. The molecule has 6 rings (SSSR count). The summed E-state index contributed by atoms with van der Waals surface area (Å²) in [4.78, 5) is 47.6. The van der Waals surface area contributed by atoms with Crippen LogP contribution in [0.2, 0.25) is 0 Å². The van der Waals surface area contributed by atoms with Crippen molar-refractivity contribution in [3.63, 3.8) is 0 Å². The number of carbonyl (C=O) groups excluding carboxylic acids is 4. The van der Waals surface area contributed by atoms with Crippen molar-refractivity contribution >= 4 is 52.5 Å². The van der Waals surface area contributed by atoms with Gasteiger partial charge in [0, 0.05) is 5.92 Å². The van der Waals surface area contributed by atoms with E-state index in [1.54, 1.807) is 6.08 Å². The van der Waals surface area contributed by atoms with Crippen molar-refractivity contribution in [1.29, 1.82) is 0 Å². The van der Waals surface area contributed by atoms with Crippen LogP contribution in [0.25, 0.3) is 0 Å². The fourth-order valence-corrected chi connectivity index (χ4v) is 7.45. The summed E-state index contributed by atoms with van der Waals surface area (Å²) in [6.45, 7) is 0. The minimum absolute atomic E-state index is 0.0500. The first-order valence-corrected chi connectivity index (χ1v) is 12.6. The number of nitrogens with one attached hydrogen (secondary N) is 1. The number of phenolic OH excluding ortho intramolecular Hbond substituents is 1. The third-order valence-electron chi connectivity index (χ3n) is 8.29. The molecule has 2 aliphatic heterocycles. The molecule has 0 aromatic heterocycles. The number of hydrogen-bond acceptors (Lipinski definition) is 5. The topological polar surface area (TPSA) is 104 Å². The van der Waals surface area contributed by atoms with Gasteiger partial charge in [0.2, 0.25) is 17.6 Å². The second-order valence-corrected chi connectivity index (χ2v) is 11.4. The molecule has 0 spiro atoms. The number of phenols is 1. The summed E-state index contributed by atoms with van der Waals surface area (Å²) in [5.74, 6) is -20.9. The Morgan fingerprint density at radius 3 is 2.00 bits per heavy atom. The first-order chi connectivity index (χ1) is 18.8. The van der Waals surface area contributed by atoms with E-state index >= 15 is 0 Å². The van der Waals surface area contributed by atoms with Gasteiger partial charge in [0.05, 0.1) is 11.8 Å². The van der Waals surface area contributed by atoms with E-state index in [-0.39, 0.29) is 22.6 Å². The van der Waals surface area contributed by atoms with Crippen molar-refractivity contribution in [3.8, 4) is 5.75 Å². The summed E-state index contributed by atoms with van der Waals surface area (Å²) >= 11 is 13.8. The van der Waals surface area contributed by atoms with Crippen LogP contribution in [-0.2, 0) is 19.2 Å². The average molecular weight is 601 g/mol. The fourth-order valence-electron chi connectivity index (χ4n) is 6.52. The molecule has 7 nitrogen and oxygen atoms in total. The van der Waals surface area contributed by atoms with Gasteiger partial charge in [-0.15, -0.1) is 23.2 Å². The van der Waals surface area contributed by atoms with Gasteiger partial charge in [-0.05, 0) is 36.5 Å². The van der Waals surface area contributed by atoms with Gasteiger partial charge in [0.1, 0.15) is 11.4 Å². The minimum Gasteiger partial charge on any atom is -0.508 e. The summed E-state index contributed by atoms with van der Waals surface area (Å²) in [5.41, 5.74) is -1.32. The van der Waals surface area contributed by atoms with E-state index in [1.165, 1.54) is 24.3 Å². The minimum atomic E-state index is -2.59. The normalized spacial score (nSPS) is 33.0. The Balaban J connectivity index is 1.61. The Morgan fingerprint density at radius 2 is 1.40 bits per heavy atom. The molecule has 3 fully saturated rings. The predicted octanol–water partition coefficient (Wildman–Crippen LogP) is 3.94. The molecule has 4 amide bonds. The SMILES string of the molecule is O=C1NC(=O)C2C1CC=C1C2CC2(Cl)C(=O)N(c3c(F)c(F)c(F)c(F)c3F)C(=O)C2(Cl)C1c1ccc(O)cc1. The molecular formula is C26H15Cl2F5N2O5. The number of hydrogen-bond donors (Lipinski definition) is 2. The lowest BCUT2D eigenvalue weighted by molar-refractivity contribution is -0.127. The molecule has 1 saturated carbocycles. The Bertz CT molecular complexity index is 1570. The molecule has 4 aliphatic rings. The number of halogens is 7. The Hall–Kier alpha value is -3.51. The highest BCUT2D eigenvalue weighted by Gasteiger charge is 2.77. The van der Waals surface area contributed by atoms with E-state index in [1.807, 2.05) is 0 Å². The van der Waals surface area contributed by atoms with E-state index < -0.39 is 98.2 Å². The zero-order valence-electron chi connectivity index (χ0n) is 19.8. The van der Waals surface area contributed by atoms with E-state index in [4.69, 9.17) is 23.2 Å². The van der Waals surface area contributed by atoms with Crippen molar-refractivity contribution in [2.45, 2.75) is 28.5 Å². The third-order valence-corrected chi connectivity index (χ3v) is 9.70. The molecule has 40 heavy (non-hydrogen) atoms. The molecule has 2 heterocycles. The molecule has 2 aromatic carbocycles. The van der Waals surface area contributed by atoms with Crippen LogP contribution in [0.15, 0.2) is 35.9 Å². The van der Waals surface area contributed by atoms with Crippen LogP contribution in [0.1, 0.15) is 24.3 Å².